The monoisotopic (exact) mass is 446 g/mol. The van der Waals surface area contributed by atoms with E-state index >= 15 is 0 Å². The van der Waals surface area contributed by atoms with E-state index < -0.39 is 17.5 Å². The van der Waals surface area contributed by atoms with Crippen molar-refractivity contribution in [2.24, 2.45) is 0 Å². The predicted molar refractivity (Wildman–Crippen MR) is 118 cm³/mol. The lowest BCUT2D eigenvalue weighted by Gasteiger charge is -2.22. The van der Waals surface area contributed by atoms with Gasteiger partial charge >= 0.3 is 6.03 Å². The summed E-state index contributed by atoms with van der Waals surface area (Å²) < 4.78 is 12.6. The van der Waals surface area contributed by atoms with Crippen LogP contribution in [0.1, 0.15) is 34.2 Å². The Morgan fingerprint density at radius 1 is 1.12 bits per heavy atom. The molecule has 0 aliphatic carbocycles. The summed E-state index contributed by atoms with van der Waals surface area (Å²) in [4.78, 5) is 44.5. The van der Waals surface area contributed by atoms with Crippen molar-refractivity contribution in [2.75, 3.05) is 13.3 Å². The molecule has 33 heavy (non-hydrogen) atoms. The van der Waals surface area contributed by atoms with E-state index in [0.29, 0.717) is 34.1 Å². The van der Waals surface area contributed by atoms with Crippen LogP contribution in [0.4, 0.5) is 4.79 Å². The van der Waals surface area contributed by atoms with Crippen molar-refractivity contribution in [1.29, 1.82) is 0 Å². The molecule has 1 saturated heterocycles. The second kappa shape index (κ2) is 7.47. The predicted octanol–water partition coefficient (Wildman–Crippen LogP) is 2.87. The van der Waals surface area contributed by atoms with Crippen molar-refractivity contribution in [2.45, 2.75) is 26.3 Å². The number of amides is 3. The third-order valence-corrected chi connectivity index (χ3v) is 6.14. The van der Waals surface area contributed by atoms with Crippen LogP contribution >= 0.6 is 0 Å². The number of urea groups is 1. The molecule has 4 heterocycles. The van der Waals surface area contributed by atoms with Gasteiger partial charge in [0.1, 0.15) is 11.4 Å². The zero-order chi connectivity index (χ0) is 23.3. The molecular weight excluding hydrogens is 424 g/mol. The molecular formula is C24H22N4O5. The highest BCUT2D eigenvalue weighted by atomic mass is 16.7. The number of aryl methyl sites for hydroxylation is 1. The van der Waals surface area contributed by atoms with Gasteiger partial charge in [-0.3, -0.25) is 14.5 Å². The van der Waals surface area contributed by atoms with E-state index in [1.165, 1.54) is 0 Å². The van der Waals surface area contributed by atoms with Gasteiger partial charge in [-0.25, -0.2) is 9.78 Å². The number of pyridine rings is 1. The number of ether oxygens (including phenoxy) is 2. The standard InChI is InChI=1S/C24H22N4O5/c1-14-10-17(15(2)28(14)21-6-4-5-9-25-21)18(29)12-27-22(30)24(3,26-23(27)31)16-7-8-19-20(11-16)33-13-32-19/h4-11H,12-13H2,1-3H3,(H,26,31)/t24-/m0/s1. The summed E-state index contributed by atoms with van der Waals surface area (Å²) in [6, 6.07) is 11.7. The molecule has 2 aromatic heterocycles. The summed E-state index contributed by atoms with van der Waals surface area (Å²) in [6.45, 7) is 5.05. The van der Waals surface area contributed by atoms with Crippen LogP contribution in [0, 0.1) is 13.8 Å². The van der Waals surface area contributed by atoms with E-state index in [2.05, 4.69) is 10.3 Å². The third kappa shape index (κ3) is 3.24. The number of ketones is 1. The van der Waals surface area contributed by atoms with Crippen molar-refractivity contribution in [1.82, 2.24) is 19.8 Å². The molecule has 0 unspecified atom stereocenters. The second-order valence-electron chi connectivity index (χ2n) is 8.25. The van der Waals surface area contributed by atoms with Crippen LogP contribution in [-0.4, -0.2) is 45.5 Å². The van der Waals surface area contributed by atoms with Crippen LogP contribution in [0.3, 0.4) is 0 Å². The number of Topliss-reactive ketones (excluding diaryl/α,β-unsaturated/α-hetero) is 1. The molecule has 9 nitrogen and oxygen atoms in total. The number of rotatable bonds is 5. The Hall–Kier alpha value is -4.14. The van der Waals surface area contributed by atoms with Crippen LogP contribution in [0.25, 0.3) is 5.82 Å². The molecule has 3 amide bonds. The average molecular weight is 446 g/mol. The largest absolute Gasteiger partial charge is 0.454 e. The quantitative estimate of drug-likeness (QED) is 0.478. The Balaban J connectivity index is 1.41. The summed E-state index contributed by atoms with van der Waals surface area (Å²) in [5.41, 5.74) is 1.20. The Morgan fingerprint density at radius 2 is 1.91 bits per heavy atom. The molecule has 1 fully saturated rings. The third-order valence-electron chi connectivity index (χ3n) is 6.14. The van der Waals surface area contributed by atoms with E-state index in [9.17, 15) is 14.4 Å². The van der Waals surface area contributed by atoms with Gasteiger partial charge in [0.15, 0.2) is 17.3 Å². The molecule has 3 aromatic rings. The first-order valence-corrected chi connectivity index (χ1v) is 10.5. The maximum atomic E-state index is 13.3. The molecule has 1 aromatic carbocycles. The molecule has 1 N–H and O–H groups in total. The van der Waals surface area contributed by atoms with Gasteiger partial charge < -0.3 is 19.4 Å². The van der Waals surface area contributed by atoms with Crippen molar-refractivity contribution in [3.63, 3.8) is 0 Å². The van der Waals surface area contributed by atoms with Gasteiger partial charge in [0.05, 0.1) is 6.54 Å². The van der Waals surface area contributed by atoms with Crippen LogP contribution in [0.2, 0.25) is 0 Å². The summed E-state index contributed by atoms with van der Waals surface area (Å²) in [6.07, 6.45) is 1.68. The van der Waals surface area contributed by atoms with Gasteiger partial charge in [0.2, 0.25) is 6.79 Å². The van der Waals surface area contributed by atoms with Crippen molar-refractivity contribution in [3.05, 3.63) is 71.2 Å². The molecule has 168 valence electrons. The Morgan fingerprint density at radius 3 is 2.67 bits per heavy atom. The number of carbonyl (C=O) groups excluding carboxylic acids is 3. The second-order valence-corrected chi connectivity index (χ2v) is 8.25. The van der Waals surface area contributed by atoms with Gasteiger partial charge in [0.25, 0.3) is 5.91 Å². The smallest absolute Gasteiger partial charge is 0.325 e. The molecule has 2 aliphatic heterocycles. The van der Waals surface area contributed by atoms with E-state index in [4.69, 9.17) is 9.47 Å². The molecule has 1 atom stereocenters. The molecule has 5 rings (SSSR count). The van der Waals surface area contributed by atoms with Crippen LogP contribution in [0.15, 0.2) is 48.7 Å². The Bertz CT molecular complexity index is 1300. The fraction of sp³-hybridized carbons (Fsp3) is 0.250. The first kappa shape index (κ1) is 20.7. The summed E-state index contributed by atoms with van der Waals surface area (Å²) in [5.74, 6) is 0.945. The number of nitrogens with zero attached hydrogens (tertiary/aromatic N) is 3. The maximum Gasteiger partial charge on any atom is 0.325 e. The van der Waals surface area contributed by atoms with Crippen LogP contribution < -0.4 is 14.8 Å². The van der Waals surface area contributed by atoms with Gasteiger partial charge in [-0.05, 0) is 56.7 Å². The number of hydrogen-bond acceptors (Lipinski definition) is 6. The lowest BCUT2D eigenvalue weighted by molar-refractivity contribution is -0.130. The molecule has 2 aliphatic rings. The van der Waals surface area contributed by atoms with Gasteiger partial charge in [-0.15, -0.1) is 0 Å². The van der Waals surface area contributed by atoms with Gasteiger partial charge in [-0.2, -0.15) is 0 Å². The van der Waals surface area contributed by atoms with Gasteiger partial charge in [-0.1, -0.05) is 12.1 Å². The number of nitrogens with one attached hydrogen (secondary N) is 1. The molecule has 9 heteroatoms. The molecule has 0 radical (unpaired) electrons. The number of hydrogen-bond donors (Lipinski definition) is 1. The summed E-state index contributed by atoms with van der Waals surface area (Å²) >= 11 is 0. The van der Waals surface area contributed by atoms with E-state index in [-0.39, 0.29) is 19.1 Å². The van der Waals surface area contributed by atoms with E-state index in [0.717, 1.165) is 10.6 Å². The molecule has 0 spiro atoms. The van der Waals surface area contributed by atoms with E-state index in [1.54, 1.807) is 37.4 Å². The highest BCUT2D eigenvalue weighted by Crippen LogP contribution is 2.38. The average Bonchev–Trinajstić information content (AvgIpc) is 3.45. The number of fused-ring (bicyclic) bond motifs is 1. The molecule has 0 bridgehead atoms. The van der Waals surface area contributed by atoms with Crippen LogP contribution in [0.5, 0.6) is 11.5 Å². The Kier molecular flexibility index (Phi) is 4.70. The minimum absolute atomic E-state index is 0.105. The summed E-state index contributed by atoms with van der Waals surface area (Å²) in [5, 5.41) is 2.73. The first-order chi connectivity index (χ1) is 15.8. The Labute approximate surface area is 189 Å². The lowest BCUT2D eigenvalue weighted by Crippen LogP contribution is -2.41. The topological polar surface area (TPSA) is 103 Å². The minimum atomic E-state index is -1.32. The fourth-order valence-electron chi connectivity index (χ4n) is 4.36. The normalized spacial score (nSPS) is 19.2. The SMILES string of the molecule is Cc1cc(C(=O)CN2C(=O)N[C@@](C)(c3ccc4c(c3)OCO4)C2=O)c(C)n1-c1ccccn1. The first-order valence-electron chi connectivity index (χ1n) is 10.5. The number of carbonyl (C=O) groups is 3. The highest BCUT2D eigenvalue weighted by Gasteiger charge is 2.50. The highest BCUT2D eigenvalue weighted by molar-refractivity contribution is 6.11. The number of aromatic nitrogens is 2. The minimum Gasteiger partial charge on any atom is -0.454 e. The zero-order valence-electron chi connectivity index (χ0n) is 18.4. The van der Waals surface area contributed by atoms with Gasteiger partial charge in [0, 0.05) is 23.1 Å². The summed E-state index contributed by atoms with van der Waals surface area (Å²) in [7, 11) is 0. The maximum absolute atomic E-state index is 13.3. The fourth-order valence-corrected chi connectivity index (χ4v) is 4.36. The zero-order valence-corrected chi connectivity index (χ0v) is 18.4. The van der Waals surface area contributed by atoms with Crippen molar-refractivity contribution in [3.8, 4) is 17.3 Å². The van der Waals surface area contributed by atoms with E-state index in [1.807, 2.05) is 36.6 Å². The van der Waals surface area contributed by atoms with Crippen molar-refractivity contribution >= 4 is 17.7 Å². The number of benzene rings is 1. The van der Waals surface area contributed by atoms with Crippen molar-refractivity contribution < 1.29 is 23.9 Å². The van der Waals surface area contributed by atoms with Crippen LogP contribution in [-0.2, 0) is 10.3 Å². The number of imide groups is 1. The molecule has 0 saturated carbocycles. The lowest BCUT2D eigenvalue weighted by atomic mass is 9.91.